The van der Waals surface area contributed by atoms with E-state index in [0.717, 1.165) is 25.7 Å². The number of carbonyl (C=O) groups is 1. The number of aromatic nitrogens is 2. The van der Waals surface area contributed by atoms with E-state index in [-0.39, 0.29) is 24.2 Å². The molecule has 2 heterocycles. The van der Waals surface area contributed by atoms with Crippen molar-refractivity contribution in [1.29, 1.82) is 0 Å². The van der Waals surface area contributed by atoms with E-state index in [2.05, 4.69) is 5.10 Å². The average molecular weight is 279 g/mol. The van der Waals surface area contributed by atoms with Crippen molar-refractivity contribution in [3.63, 3.8) is 0 Å². The van der Waals surface area contributed by atoms with Gasteiger partial charge in [0.05, 0.1) is 11.7 Å². The van der Waals surface area contributed by atoms with E-state index in [4.69, 9.17) is 15.2 Å². The molecule has 1 aliphatic heterocycles. The van der Waals surface area contributed by atoms with E-state index < -0.39 is 0 Å². The number of esters is 1. The molecule has 6 heteroatoms. The third kappa shape index (κ3) is 2.95. The van der Waals surface area contributed by atoms with Crippen molar-refractivity contribution in [2.45, 2.75) is 56.8 Å². The zero-order valence-corrected chi connectivity index (χ0v) is 11.6. The summed E-state index contributed by atoms with van der Waals surface area (Å²) in [4.78, 5) is 11.7. The molecule has 0 amide bonds. The Morgan fingerprint density at radius 1 is 1.50 bits per heavy atom. The minimum atomic E-state index is -0.302. The first-order valence-electron chi connectivity index (χ1n) is 7.28. The molecule has 1 saturated carbocycles. The fraction of sp³-hybridized carbons (Fsp3) is 0.714. The lowest BCUT2D eigenvalue weighted by molar-refractivity contribution is -0.150. The first-order chi connectivity index (χ1) is 9.65. The number of ether oxygens (including phenoxy) is 2. The maximum Gasteiger partial charge on any atom is 0.327 e. The van der Waals surface area contributed by atoms with Gasteiger partial charge in [-0.3, -0.25) is 9.48 Å². The highest BCUT2D eigenvalue weighted by Gasteiger charge is 2.42. The Labute approximate surface area is 118 Å². The fourth-order valence-electron chi connectivity index (χ4n) is 3.23. The second kappa shape index (κ2) is 5.44. The quantitative estimate of drug-likeness (QED) is 0.845. The van der Waals surface area contributed by atoms with Crippen LogP contribution < -0.4 is 5.73 Å². The summed E-state index contributed by atoms with van der Waals surface area (Å²) in [5.74, 6) is 0.101. The third-order valence-electron chi connectivity index (χ3n) is 4.24. The van der Waals surface area contributed by atoms with E-state index in [1.807, 2.05) is 0 Å². The van der Waals surface area contributed by atoms with E-state index >= 15 is 0 Å². The molecule has 110 valence electrons. The van der Waals surface area contributed by atoms with Gasteiger partial charge in [-0.05, 0) is 31.7 Å². The summed E-state index contributed by atoms with van der Waals surface area (Å²) in [5.41, 5.74) is 5.58. The van der Waals surface area contributed by atoms with Gasteiger partial charge in [0, 0.05) is 6.20 Å². The van der Waals surface area contributed by atoms with Gasteiger partial charge in [0.2, 0.25) is 0 Å². The second-order valence-electron chi connectivity index (χ2n) is 5.79. The van der Waals surface area contributed by atoms with Crippen LogP contribution in [-0.2, 0) is 20.8 Å². The van der Waals surface area contributed by atoms with Crippen molar-refractivity contribution < 1.29 is 14.3 Å². The highest BCUT2D eigenvalue weighted by molar-refractivity contribution is 5.69. The lowest BCUT2D eigenvalue weighted by Gasteiger charge is -2.23. The molecule has 0 bridgehead atoms. The van der Waals surface area contributed by atoms with Gasteiger partial charge in [0.1, 0.15) is 19.0 Å². The minimum Gasteiger partial charge on any atom is -0.462 e. The molecule has 20 heavy (non-hydrogen) atoms. The van der Waals surface area contributed by atoms with E-state index in [1.54, 1.807) is 12.3 Å². The predicted molar refractivity (Wildman–Crippen MR) is 72.9 cm³/mol. The van der Waals surface area contributed by atoms with Gasteiger partial charge >= 0.3 is 5.97 Å². The van der Waals surface area contributed by atoms with Gasteiger partial charge in [0.15, 0.2) is 0 Å². The molecule has 1 aromatic rings. The summed E-state index contributed by atoms with van der Waals surface area (Å²) in [6.07, 6.45) is 8.64. The normalized spacial score (nSPS) is 24.3. The lowest BCUT2D eigenvalue weighted by Crippen LogP contribution is -2.27. The molecule has 1 saturated heterocycles. The number of anilines is 1. The molecule has 1 aliphatic carbocycles. The van der Waals surface area contributed by atoms with Crippen LogP contribution in [0.2, 0.25) is 0 Å². The number of nitrogens with two attached hydrogens (primary N) is 1. The Kier molecular flexibility index (Phi) is 3.65. The summed E-state index contributed by atoms with van der Waals surface area (Å²) < 4.78 is 12.8. The van der Waals surface area contributed by atoms with Gasteiger partial charge < -0.3 is 15.2 Å². The first-order valence-corrected chi connectivity index (χ1v) is 7.28. The maximum absolute atomic E-state index is 11.7. The zero-order valence-electron chi connectivity index (χ0n) is 11.6. The topological polar surface area (TPSA) is 79.4 Å². The van der Waals surface area contributed by atoms with Crippen molar-refractivity contribution in [2.24, 2.45) is 0 Å². The summed E-state index contributed by atoms with van der Waals surface area (Å²) in [6, 6.07) is 1.65. The van der Waals surface area contributed by atoms with Crippen LogP contribution >= 0.6 is 0 Å². The van der Waals surface area contributed by atoms with Crippen molar-refractivity contribution in [1.82, 2.24) is 9.78 Å². The lowest BCUT2D eigenvalue weighted by atomic mass is 9.98. The monoisotopic (exact) mass is 279 g/mol. The average Bonchev–Trinajstić information content (AvgIpc) is 3.12. The highest BCUT2D eigenvalue weighted by atomic mass is 16.6. The molecule has 2 fully saturated rings. The van der Waals surface area contributed by atoms with Crippen LogP contribution in [0.4, 0.5) is 5.82 Å². The molecule has 6 nitrogen and oxygen atoms in total. The largest absolute Gasteiger partial charge is 0.462 e. The van der Waals surface area contributed by atoms with Gasteiger partial charge in [-0.2, -0.15) is 5.10 Å². The number of nitrogens with zero attached hydrogens (tertiary/aromatic N) is 2. The highest BCUT2D eigenvalue weighted by Crippen LogP contribution is 2.43. The van der Waals surface area contributed by atoms with Gasteiger partial charge in [-0.25, -0.2) is 0 Å². The SMILES string of the molecule is Nc1ccn(CC(=O)OCC2CCC3(CCCC3)O2)n1. The summed E-state index contributed by atoms with van der Waals surface area (Å²) in [6.45, 7) is 0.437. The molecule has 0 aromatic carbocycles. The van der Waals surface area contributed by atoms with Crippen molar-refractivity contribution >= 4 is 11.8 Å². The van der Waals surface area contributed by atoms with Crippen LogP contribution in [0, 0.1) is 0 Å². The molecule has 0 radical (unpaired) electrons. The van der Waals surface area contributed by atoms with Crippen LogP contribution in [0.1, 0.15) is 38.5 Å². The molecule has 1 aromatic heterocycles. The smallest absolute Gasteiger partial charge is 0.327 e. The molecule has 1 unspecified atom stereocenters. The molecule has 1 atom stereocenters. The predicted octanol–water partition coefficient (Wildman–Crippen LogP) is 1.50. The Balaban J connectivity index is 1.42. The van der Waals surface area contributed by atoms with E-state index in [9.17, 15) is 4.79 Å². The summed E-state index contributed by atoms with van der Waals surface area (Å²) >= 11 is 0. The van der Waals surface area contributed by atoms with Crippen molar-refractivity contribution in [2.75, 3.05) is 12.3 Å². The van der Waals surface area contributed by atoms with Gasteiger partial charge in [0.25, 0.3) is 0 Å². The Morgan fingerprint density at radius 3 is 3.00 bits per heavy atom. The minimum absolute atomic E-state index is 0.0553. The van der Waals surface area contributed by atoms with Crippen molar-refractivity contribution in [3.05, 3.63) is 12.3 Å². The van der Waals surface area contributed by atoms with Gasteiger partial charge in [-0.1, -0.05) is 12.8 Å². The van der Waals surface area contributed by atoms with Crippen LogP contribution in [0.3, 0.4) is 0 Å². The summed E-state index contributed by atoms with van der Waals surface area (Å²) in [5, 5.41) is 3.95. The summed E-state index contributed by atoms with van der Waals surface area (Å²) in [7, 11) is 0. The second-order valence-corrected chi connectivity index (χ2v) is 5.79. The van der Waals surface area contributed by atoms with E-state index in [1.165, 1.54) is 17.5 Å². The van der Waals surface area contributed by atoms with Crippen LogP contribution in [-0.4, -0.2) is 34.1 Å². The molecule has 2 aliphatic rings. The first kappa shape index (κ1) is 13.4. The van der Waals surface area contributed by atoms with Crippen molar-refractivity contribution in [3.8, 4) is 0 Å². The molecular formula is C14H21N3O3. The standard InChI is InChI=1S/C14H21N3O3/c15-12-4-8-17(16-12)9-13(18)19-10-11-3-7-14(20-11)5-1-2-6-14/h4,8,11H,1-3,5-7,9-10H2,(H2,15,16). The molecular weight excluding hydrogens is 258 g/mol. The van der Waals surface area contributed by atoms with Crippen LogP contribution in [0.15, 0.2) is 12.3 Å². The maximum atomic E-state index is 11.7. The Bertz CT molecular complexity index is 480. The molecule has 2 N–H and O–H groups in total. The Hall–Kier alpha value is -1.56. The van der Waals surface area contributed by atoms with Crippen LogP contribution in [0.5, 0.6) is 0 Å². The zero-order chi connectivity index (χ0) is 14.0. The molecule has 1 spiro atoms. The number of nitrogen functional groups attached to an aromatic ring is 1. The number of rotatable bonds is 4. The molecule has 3 rings (SSSR count). The van der Waals surface area contributed by atoms with Crippen LogP contribution in [0.25, 0.3) is 0 Å². The number of carbonyl (C=O) groups excluding carboxylic acids is 1. The third-order valence-corrected chi connectivity index (χ3v) is 4.24. The van der Waals surface area contributed by atoms with E-state index in [0.29, 0.717) is 12.4 Å². The number of hydrogen-bond donors (Lipinski definition) is 1. The Morgan fingerprint density at radius 2 is 2.30 bits per heavy atom. The van der Waals surface area contributed by atoms with Gasteiger partial charge in [-0.15, -0.1) is 0 Å². The fourth-order valence-corrected chi connectivity index (χ4v) is 3.23. The number of hydrogen-bond acceptors (Lipinski definition) is 5.